The Hall–Kier alpha value is -4.47. The van der Waals surface area contributed by atoms with Gasteiger partial charge in [-0.15, -0.1) is 10.2 Å². The van der Waals surface area contributed by atoms with Gasteiger partial charge < -0.3 is 9.64 Å². The average Bonchev–Trinajstić information content (AvgIpc) is 3.46. The lowest BCUT2D eigenvalue weighted by Gasteiger charge is -2.15. The number of nitrogens with one attached hydrogen (secondary N) is 1. The van der Waals surface area contributed by atoms with Crippen molar-refractivity contribution >= 4 is 39.9 Å². The van der Waals surface area contributed by atoms with Crippen molar-refractivity contribution in [1.29, 1.82) is 5.26 Å². The van der Waals surface area contributed by atoms with E-state index < -0.39 is 5.91 Å². The third-order valence-corrected chi connectivity index (χ3v) is 7.07. The molecular weight excluding hydrogens is 528 g/mol. The van der Waals surface area contributed by atoms with Crippen molar-refractivity contribution in [2.75, 3.05) is 12.4 Å². The number of amides is 2. The van der Waals surface area contributed by atoms with Crippen molar-refractivity contribution in [2.24, 2.45) is 0 Å². The SMILES string of the molecule is COc1nnc(Cl)cc1-c1cc(C)ncc1C(=O)Nc1nc2c(s1)CN(C(=O)c1ccc(C#N)c(C)n1)C2. The molecule has 0 spiro atoms. The molecule has 0 aliphatic carbocycles. The summed E-state index contributed by atoms with van der Waals surface area (Å²) in [6, 6.07) is 8.51. The lowest BCUT2D eigenvalue weighted by molar-refractivity contribution is 0.0744. The van der Waals surface area contributed by atoms with Gasteiger partial charge in [0.2, 0.25) is 5.88 Å². The predicted octanol–water partition coefficient (Wildman–Crippen LogP) is 3.95. The molecule has 1 N–H and O–H groups in total. The van der Waals surface area contributed by atoms with Crippen LogP contribution in [0.3, 0.4) is 0 Å². The van der Waals surface area contributed by atoms with Crippen molar-refractivity contribution in [3.63, 3.8) is 0 Å². The Bertz CT molecular complexity index is 1620. The molecule has 11 nitrogen and oxygen atoms in total. The highest BCUT2D eigenvalue weighted by Crippen LogP contribution is 2.34. The number of nitrogens with zero attached hydrogens (tertiary/aromatic N) is 7. The van der Waals surface area contributed by atoms with E-state index in [1.165, 1.54) is 24.6 Å². The fourth-order valence-corrected chi connectivity index (χ4v) is 5.15. The van der Waals surface area contributed by atoms with E-state index in [4.69, 9.17) is 21.6 Å². The van der Waals surface area contributed by atoms with Crippen molar-refractivity contribution < 1.29 is 14.3 Å². The van der Waals surface area contributed by atoms with Crippen LogP contribution in [0.15, 0.2) is 30.5 Å². The molecule has 2 amide bonds. The topological polar surface area (TPSA) is 147 Å². The number of aromatic nitrogens is 5. The Kier molecular flexibility index (Phi) is 6.71. The number of rotatable bonds is 5. The van der Waals surface area contributed by atoms with Gasteiger partial charge in [0.1, 0.15) is 11.8 Å². The number of methoxy groups -OCH3 is 1. The quantitative estimate of drug-likeness (QED) is 0.393. The molecular formula is C25H19ClN8O3S. The Morgan fingerprint density at radius 2 is 1.97 bits per heavy atom. The van der Waals surface area contributed by atoms with Crippen LogP contribution >= 0.6 is 22.9 Å². The Labute approximate surface area is 226 Å². The first-order valence-corrected chi connectivity index (χ1v) is 12.5. The molecule has 0 atom stereocenters. The highest BCUT2D eigenvalue weighted by Gasteiger charge is 2.29. The molecule has 4 aromatic heterocycles. The number of fused-ring (bicyclic) bond motifs is 1. The van der Waals surface area contributed by atoms with Crippen molar-refractivity contribution in [3.05, 3.63) is 74.4 Å². The van der Waals surface area contributed by atoms with Gasteiger partial charge in [0, 0.05) is 23.0 Å². The Balaban J connectivity index is 1.34. The molecule has 0 radical (unpaired) electrons. The third-order valence-electron chi connectivity index (χ3n) is 5.89. The molecule has 0 saturated heterocycles. The van der Waals surface area contributed by atoms with E-state index in [2.05, 4.69) is 30.5 Å². The number of pyridine rings is 2. The van der Waals surface area contributed by atoms with E-state index in [9.17, 15) is 9.59 Å². The maximum Gasteiger partial charge on any atom is 0.273 e. The monoisotopic (exact) mass is 546 g/mol. The van der Waals surface area contributed by atoms with E-state index in [0.717, 1.165) is 4.88 Å². The molecule has 5 heterocycles. The normalized spacial score (nSPS) is 12.1. The van der Waals surface area contributed by atoms with Crippen LogP contribution in [0, 0.1) is 25.2 Å². The fraction of sp³-hybridized carbons (Fsp3) is 0.200. The fourth-order valence-electron chi connectivity index (χ4n) is 4.03. The lowest BCUT2D eigenvalue weighted by atomic mass is 10.0. The van der Waals surface area contributed by atoms with Gasteiger partial charge in [-0.3, -0.25) is 19.9 Å². The zero-order chi connectivity index (χ0) is 27.0. The third kappa shape index (κ3) is 4.77. The number of halogens is 1. The van der Waals surface area contributed by atoms with Gasteiger partial charge in [0.05, 0.1) is 47.6 Å². The molecule has 1 aliphatic heterocycles. The largest absolute Gasteiger partial charge is 0.479 e. The van der Waals surface area contributed by atoms with Gasteiger partial charge in [-0.2, -0.15) is 5.26 Å². The van der Waals surface area contributed by atoms with Crippen LogP contribution in [0.1, 0.15) is 48.4 Å². The first-order chi connectivity index (χ1) is 18.3. The summed E-state index contributed by atoms with van der Waals surface area (Å²) in [6.07, 6.45) is 1.47. The smallest absolute Gasteiger partial charge is 0.273 e. The summed E-state index contributed by atoms with van der Waals surface area (Å²) in [5.41, 5.74) is 3.92. The first kappa shape index (κ1) is 25.2. The van der Waals surface area contributed by atoms with Crippen LogP contribution in [0.25, 0.3) is 11.1 Å². The second kappa shape index (κ2) is 10.1. The standard InChI is InChI=1S/C25H19ClN8O3S/c1-12-6-15(16-7-21(26)32-33-23(16)37-3)17(9-28-12)22(35)31-25-30-19-10-34(11-20(19)38-25)24(36)18-5-4-14(8-27)13(2)29-18/h4-7,9H,10-11H2,1-3H3,(H,30,31,35). The molecule has 0 aromatic carbocycles. The van der Waals surface area contributed by atoms with E-state index >= 15 is 0 Å². The van der Waals surface area contributed by atoms with Gasteiger partial charge in [0.15, 0.2) is 10.3 Å². The Morgan fingerprint density at radius 1 is 1.16 bits per heavy atom. The molecule has 0 saturated carbocycles. The van der Waals surface area contributed by atoms with Crippen LogP contribution in [0.2, 0.25) is 5.15 Å². The number of thiazole rings is 1. The maximum atomic E-state index is 13.3. The summed E-state index contributed by atoms with van der Waals surface area (Å²) < 4.78 is 5.32. The molecule has 1 aliphatic rings. The summed E-state index contributed by atoms with van der Waals surface area (Å²) in [4.78, 5) is 41.8. The van der Waals surface area contributed by atoms with E-state index in [0.29, 0.717) is 45.4 Å². The summed E-state index contributed by atoms with van der Waals surface area (Å²) >= 11 is 7.36. The molecule has 0 bridgehead atoms. The van der Waals surface area contributed by atoms with Crippen LogP contribution < -0.4 is 10.1 Å². The van der Waals surface area contributed by atoms with Crippen molar-refractivity contribution in [3.8, 4) is 23.1 Å². The minimum Gasteiger partial charge on any atom is -0.479 e. The van der Waals surface area contributed by atoms with Gasteiger partial charge >= 0.3 is 0 Å². The number of ether oxygens (including phenoxy) is 1. The van der Waals surface area contributed by atoms with E-state index in [1.807, 2.05) is 6.07 Å². The minimum atomic E-state index is -0.417. The maximum absolute atomic E-state index is 13.3. The highest BCUT2D eigenvalue weighted by molar-refractivity contribution is 7.16. The molecule has 4 aromatic rings. The summed E-state index contributed by atoms with van der Waals surface area (Å²) in [6.45, 7) is 4.13. The molecule has 38 heavy (non-hydrogen) atoms. The molecule has 190 valence electrons. The number of nitriles is 1. The van der Waals surface area contributed by atoms with Crippen LogP contribution in [0.4, 0.5) is 5.13 Å². The van der Waals surface area contributed by atoms with Crippen LogP contribution in [-0.2, 0) is 13.1 Å². The van der Waals surface area contributed by atoms with Gasteiger partial charge in [0.25, 0.3) is 11.8 Å². The van der Waals surface area contributed by atoms with Gasteiger partial charge in [-0.1, -0.05) is 22.9 Å². The second-order valence-electron chi connectivity index (χ2n) is 8.41. The molecule has 0 unspecified atom stereocenters. The minimum absolute atomic E-state index is 0.156. The van der Waals surface area contributed by atoms with E-state index in [1.54, 1.807) is 43.0 Å². The Morgan fingerprint density at radius 3 is 2.68 bits per heavy atom. The summed E-state index contributed by atoms with van der Waals surface area (Å²) in [5, 5.41) is 20.2. The van der Waals surface area contributed by atoms with Gasteiger partial charge in [-0.05, 0) is 38.1 Å². The summed E-state index contributed by atoms with van der Waals surface area (Å²) in [7, 11) is 1.46. The lowest BCUT2D eigenvalue weighted by Crippen LogP contribution is -2.26. The second-order valence-corrected chi connectivity index (χ2v) is 9.88. The van der Waals surface area contributed by atoms with Crippen LogP contribution in [0.5, 0.6) is 5.88 Å². The highest BCUT2D eigenvalue weighted by atomic mass is 35.5. The number of aryl methyl sites for hydroxylation is 2. The van der Waals surface area contributed by atoms with Gasteiger partial charge in [-0.25, -0.2) is 9.97 Å². The molecule has 13 heteroatoms. The number of anilines is 1. The van der Waals surface area contributed by atoms with Crippen molar-refractivity contribution in [2.45, 2.75) is 26.9 Å². The predicted molar refractivity (Wildman–Crippen MR) is 139 cm³/mol. The zero-order valence-corrected chi connectivity index (χ0v) is 22.0. The number of hydrogen-bond donors (Lipinski definition) is 1. The first-order valence-electron chi connectivity index (χ1n) is 11.3. The van der Waals surface area contributed by atoms with E-state index in [-0.39, 0.29) is 34.7 Å². The number of carbonyl (C=O) groups is 2. The zero-order valence-electron chi connectivity index (χ0n) is 20.4. The van der Waals surface area contributed by atoms with Crippen molar-refractivity contribution in [1.82, 2.24) is 30.0 Å². The number of carbonyl (C=O) groups excluding carboxylic acids is 2. The van der Waals surface area contributed by atoms with Crippen LogP contribution in [-0.4, -0.2) is 49.0 Å². The summed E-state index contributed by atoms with van der Waals surface area (Å²) in [5.74, 6) is -0.443. The number of hydrogen-bond acceptors (Lipinski definition) is 10. The molecule has 5 rings (SSSR count). The molecule has 0 fully saturated rings. The average molecular weight is 547 g/mol.